The van der Waals surface area contributed by atoms with Gasteiger partial charge in [0.1, 0.15) is 11.7 Å². The third kappa shape index (κ3) is 7.28. The summed E-state index contributed by atoms with van der Waals surface area (Å²) in [5.74, 6) is -0.0793. The molecule has 0 bridgehead atoms. The highest BCUT2D eigenvalue weighted by molar-refractivity contribution is 6.74. The van der Waals surface area contributed by atoms with Crippen molar-refractivity contribution in [2.24, 2.45) is 0 Å². The summed E-state index contributed by atoms with van der Waals surface area (Å²) in [4.78, 5) is 27.0. The van der Waals surface area contributed by atoms with Crippen LogP contribution in [0.5, 0.6) is 0 Å². The predicted molar refractivity (Wildman–Crippen MR) is 169 cm³/mol. The third-order valence-corrected chi connectivity index (χ3v) is 12.6. The summed E-state index contributed by atoms with van der Waals surface area (Å²) in [7, 11) is -2.20. The van der Waals surface area contributed by atoms with Crippen molar-refractivity contribution in [1.29, 1.82) is 5.26 Å². The minimum atomic E-state index is -4.68. The van der Waals surface area contributed by atoms with Crippen molar-refractivity contribution in [3.05, 3.63) is 59.5 Å². The van der Waals surface area contributed by atoms with Crippen molar-refractivity contribution in [2.75, 3.05) is 23.4 Å². The number of anilines is 3. The first-order valence-electron chi connectivity index (χ1n) is 14.5. The maximum Gasteiger partial charge on any atom is 0.435 e. The molecule has 9 nitrogen and oxygen atoms in total. The van der Waals surface area contributed by atoms with Crippen LogP contribution < -0.4 is 10.2 Å². The maximum atomic E-state index is 13.5. The molecule has 2 aromatic heterocycles. The lowest BCUT2D eigenvalue weighted by atomic mass is 9.83. The normalized spacial score (nSPS) is 17.1. The van der Waals surface area contributed by atoms with E-state index in [4.69, 9.17) is 9.16 Å². The molecule has 1 unspecified atom stereocenters. The van der Waals surface area contributed by atoms with Gasteiger partial charge < -0.3 is 14.5 Å². The maximum absolute atomic E-state index is 13.5. The lowest BCUT2D eigenvalue weighted by molar-refractivity contribution is -0.140. The Morgan fingerprint density at radius 2 is 1.80 bits per heavy atom. The molecule has 0 fully saturated rings. The highest BCUT2D eigenvalue weighted by atomic mass is 28.4. The predicted octanol–water partition coefficient (Wildman–Crippen LogP) is 8.21. The zero-order valence-corrected chi connectivity index (χ0v) is 28.1. The van der Waals surface area contributed by atoms with Crippen molar-refractivity contribution in [2.45, 2.75) is 83.8 Å². The summed E-state index contributed by atoms with van der Waals surface area (Å²) >= 11 is 0. The lowest BCUT2D eigenvalue weighted by Crippen LogP contribution is -2.46. The largest absolute Gasteiger partial charge is 0.443 e. The Morgan fingerprint density at radius 1 is 1.11 bits per heavy atom. The molecule has 240 valence electrons. The second kappa shape index (κ2) is 11.7. The Labute approximate surface area is 262 Å². The molecule has 1 aliphatic rings. The molecule has 3 aromatic rings. The second-order valence-electron chi connectivity index (χ2n) is 14.0. The Kier molecular flexibility index (Phi) is 8.82. The molecule has 45 heavy (non-hydrogen) atoms. The summed E-state index contributed by atoms with van der Waals surface area (Å²) in [6, 6.07) is 9.91. The zero-order valence-electron chi connectivity index (χ0n) is 27.1. The lowest BCUT2D eigenvalue weighted by Gasteiger charge is -2.39. The van der Waals surface area contributed by atoms with Crippen LogP contribution in [0.1, 0.15) is 65.3 Å². The van der Waals surface area contributed by atoms with E-state index in [9.17, 15) is 23.2 Å². The van der Waals surface area contributed by atoms with Gasteiger partial charge in [-0.05, 0) is 74.8 Å². The molecule has 1 aromatic carbocycles. The topological polar surface area (TPSA) is 113 Å². The first-order chi connectivity index (χ1) is 20.6. The Hall–Kier alpha value is -4.02. The van der Waals surface area contributed by atoms with Crippen molar-refractivity contribution in [1.82, 2.24) is 15.0 Å². The number of ether oxygens (including phenoxy) is 1. The van der Waals surface area contributed by atoms with E-state index in [0.29, 0.717) is 29.1 Å². The van der Waals surface area contributed by atoms with Crippen LogP contribution in [0, 0.1) is 11.3 Å². The third-order valence-electron chi connectivity index (χ3n) is 8.10. The molecule has 0 spiro atoms. The second-order valence-corrected chi connectivity index (χ2v) is 18.8. The van der Waals surface area contributed by atoms with Crippen LogP contribution in [0.4, 0.5) is 35.3 Å². The van der Waals surface area contributed by atoms with Gasteiger partial charge in [0, 0.05) is 36.5 Å². The number of nitriles is 1. The van der Waals surface area contributed by atoms with Gasteiger partial charge >= 0.3 is 12.3 Å². The van der Waals surface area contributed by atoms with E-state index >= 15 is 0 Å². The summed E-state index contributed by atoms with van der Waals surface area (Å²) in [6.45, 7) is 18.6. The number of carbonyl (C=O) groups is 1. The van der Waals surface area contributed by atoms with Gasteiger partial charge in [0.05, 0.1) is 22.6 Å². The molecule has 0 radical (unpaired) electrons. The molecule has 1 amide bonds. The van der Waals surface area contributed by atoms with Gasteiger partial charge in [-0.1, -0.05) is 27.7 Å². The van der Waals surface area contributed by atoms with Crippen molar-refractivity contribution < 1.29 is 27.1 Å². The standard InChI is InChI=1S/C32H39F3N6O3Si/c1-29(2,3)44-28(42)41-18-31(7,19-43-45(8,9)30(4,5)6)22-16-20(15-21(17-36)25(22)41)23-12-14-38-27(39-23)40-24-11-10-13-37-26(24)32(33,34)35/h10-16H,18-19H2,1-9H3,(H,38,39,40). The monoisotopic (exact) mass is 640 g/mol. The first kappa shape index (κ1) is 33.9. The van der Waals surface area contributed by atoms with E-state index in [1.54, 1.807) is 32.9 Å². The highest BCUT2D eigenvalue weighted by Gasteiger charge is 2.47. The number of pyridine rings is 1. The molecule has 0 saturated carbocycles. The molecule has 13 heteroatoms. The quantitative estimate of drug-likeness (QED) is 0.268. The minimum absolute atomic E-state index is 0.0556. The molecule has 1 N–H and O–H groups in total. The number of hydrogen-bond acceptors (Lipinski definition) is 8. The molecule has 1 atom stereocenters. The molecule has 1 aliphatic heterocycles. The van der Waals surface area contributed by atoms with E-state index in [0.717, 1.165) is 6.20 Å². The fourth-order valence-electron chi connectivity index (χ4n) is 4.72. The summed E-state index contributed by atoms with van der Waals surface area (Å²) in [5, 5.41) is 12.9. The minimum Gasteiger partial charge on any atom is -0.443 e. The van der Waals surface area contributed by atoms with Crippen molar-refractivity contribution in [3.63, 3.8) is 0 Å². The molecule has 3 heterocycles. The molecule has 0 aliphatic carbocycles. The Balaban J connectivity index is 1.81. The number of benzene rings is 1. The summed E-state index contributed by atoms with van der Waals surface area (Å²) in [6.07, 6.45) is -2.78. The number of nitrogens with zero attached hydrogens (tertiary/aromatic N) is 5. The number of hydrogen-bond donors (Lipinski definition) is 1. The average molecular weight is 641 g/mol. The Bertz CT molecular complexity index is 1640. The van der Waals surface area contributed by atoms with E-state index in [1.807, 2.05) is 13.0 Å². The number of alkyl halides is 3. The van der Waals surface area contributed by atoms with Gasteiger partial charge in [-0.2, -0.15) is 18.4 Å². The van der Waals surface area contributed by atoms with Crippen LogP contribution in [-0.4, -0.2) is 48.1 Å². The van der Waals surface area contributed by atoms with Crippen LogP contribution in [0.15, 0.2) is 42.7 Å². The summed E-state index contributed by atoms with van der Waals surface area (Å²) in [5.41, 5.74) is -0.588. The van der Waals surface area contributed by atoms with E-state index in [1.165, 1.54) is 23.2 Å². The number of halogens is 3. The number of aromatic nitrogens is 3. The van der Waals surface area contributed by atoms with Crippen molar-refractivity contribution in [3.8, 4) is 17.3 Å². The van der Waals surface area contributed by atoms with E-state index < -0.39 is 37.3 Å². The van der Waals surface area contributed by atoms with E-state index in [-0.39, 0.29) is 28.8 Å². The van der Waals surface area contributed by atoms with Crippen LogP contribution in [-0.2, 0) is 20.8 Å². The van der Waals surface area contributed by atoms with Gasteiger partial charge in [0.2, 0.25) is 5.95 Å². The molecule has 4 rings (SSSR count). The van der Waals surface area contributed by atoms with Gasteiger partial charge in [-0.15, -0.1) is 0 Å². The fourth-order valence-corrected chi connectivity index (χ4v) is 5.83. The van der Waals surface area contributed by atoms with Gasteiger partial charge in [-0.25, -0.2) is 19.7 Å². The van der Waals surface area contributed by atoms with Gasteiger partial charge in [0.25, 0.3) is 0 Å². The van der Waals surface area contributed by atoms with E-state index in [2.05, 4.69) is 60.2 Å². The Morgan fingerprint density at radius 3 is 2.40 bits per heavy atom. The average Bonchev–Trinajstić information content (AvgIpc) is 3.23. The number of carbonyl (C=O) groups excluding carboxylic acids is 1. The van der Waals surface area contributed by atoms with Gasteiger partial charge in [-0.3, -0.25) is 4.90 Å². The van der Waals surface area contributed by atoms with Crippen LogP contribution in [0.25, 0.3) is 11.3 Å². The number of rotatable bonds is 6. The summed E-state index contributed by atoms with van der Waals surface area (Å²) < 4.78 is 53.0. The first-order valence-corrected chi connectivity index (χ1v) is 17.4. The molecular formula is C32H39F3N6O3Si. The molecule has 0 saturated heterocycles. The highest BCUT2D eigenvalue weighted by Crippen LogP contribution is 2.47. The fraction of sp³-hybridized carbons (Fsp3) is 0.469. The van der Waals surface area contributed by atoms with Gasteiger partial charge in [0.15, 0.2) is 14.0 Å². The van der Waals surface area contributed by atoms with Crippen LogP contribution in [0.3, 0.4) is 0 Å². The smallest absolute Gasteiger partial charge is 0.435 e. The van der Waals surface area contributed by atoms with Crippen LogP contribution >= 0.6 is 0 Å². The van der Waals surface area contributed by atoms with Crippen molar-refractivity contribution >= 4 is 31.7 Å². The SMILES string of the molecule is CC(C)(C)OC(=O)N1CC(C)(CO[Si](C)(C)C(C)(C)C)c2cc(-c3ccnc(Nc4cccnc4C(F)(F)F)n3)cc(C#N)c21. The number of nitrogens with one attached hydrogen (secondary N) is 1. The molecular weight excluding hydrogens is 601 g/mol. The number of amides is 1. The number of fused-ring (bicyclic) bond motifs is 1. The van der Waals surface area contributed by atoms with Crippen LogP contribution in [0.2, 0.25) is 18.1 Å². The zero-order chi connectivity index (χ0) is 33.6.